The van der Waals surface area contributed by atoms with E-state index in [4.69, 9.17) is 15.2 Å². The van der Waals surface area contributed by atoms with Crippen LogP contribution in [0.1, 0.15) is 20.3 Å². The zero-order valence-corrected chi connectivity index (χ0v) is 6.79. The molecule has 2 N–H and O–H groups in total. The molecule has 1 heterocycles. The van der Waals surface area contributed by atoms with E-state index in [1.165, 1.54) is 0 Å². The third-order valence-electron chi connectivity index (χ3n) is 1.50. The molecule has 0 spiro atoms. The first-order valence-electron chi connectivity index (χ1n) is 3.60. The smallest absolute Gasteiger partial charge is 0.220 e. The lowest BCUT2D eigenvalue weighted by atomic mass is 10.2. The lowest BCUT2D eigenvalue weighted by Crippen LogP contribution is -2.25. The zero-order chi connectivity index (χ0) is 8.48. The van der Waals surface area contributed by atoms with Crippen molar-refractivity contribution in [3.05, 3.63) is 0 Å². The highest BCUT2D eigenvalue weighted by Gasteiger charge is 2.33. The number of nitrogens with two attached hydrogens (primary N) is 1. The second kappa shape index (κ2) is 2.79. The van der Waals surface area contributed by atoms with Gasteiger partial charge in [-0.15, -0.1) is 0 Å². The predicted octanol–water partition coefficient (Wildman–Crippen LogP) is 0.0133. The van der Waals surface area contributed by atoms with Crippen LogP contribution in [0.5, 0.6) is 0 Å². The summed E-state index contributed by atoms with van der Waals surface area (Å²) in [4.78, 5) is 10.5. The summed E-state index contributed by atoms with van der Waals surface area (Å²) in [6.45, 7) is 4.08. The standard InChI is InChI=1S/C7H13NO3/c1-7(2)10-4-5(11-7)3-6(8)9/h5H,3-4H2,1-2H3,(H2,8,9)/t5-/m0/s1. The number of rotatable bonds is 2. The topological polar surface area (TPSA) is 61.5 Å². The van der Waals surface area contributed by atoms with Crippen LogP contribution in [0.15, 0.2) is 0 Å². The van der Waals surface area contributed by atoms with Crippen LogP contribution in [-0.2, 0) is 14.3 Å². The van der Waals surface area contributed by atoms with Crippen LogP contribution in [-0.4, -0.2) is 24.4 Å². The van der Waals surface area contributed by atoms with Crippen LogP contribution in [0.4, 0.5) is 0 Å². The zero-order valence-electron chi connectivity index (χ0n) is 6.79. The van der Waals surface area contributed by atoms with Gasteiger partial charge >= 0.3 is 0 Å². The summed E-state index contributed by atoms with van der Waals surface area (Å²) in [6, 6.07) is 0. The second-order valence-corrected chi connectivity index (χ2v) is 3.12. The minimum Gasteiger partial charge on any atom is -0.370 e. The first kappa shape index (κ1) is 8.49. The maximum Gasteiger partial charge on any atom is 0.220 e. The molecule has 0 unspecified atom stereocenters. The molecule has 0 aromatic rings. The number of carbonyl (C=O) groups is 1. The number of hydrogen-bond donors (Lipinski definition) is 1. The Morgan fingerprint density at radius 3 is 2.73 bits per heavy atom. The van der Waals surface area contributed by atoms with Crippen molar-refractivity contribution in [2.24, 2.45) is 5.73 Å². The van der Waals surface area contributed by atoms with Crippen molar-refractivity contribution in [2.45, 2.75) is 32.2 Å². The Kier molecular flexibility index (Phi) is 2.15. The molecule has 1 aliphatic heterocycles. The number of hydrogen-bond acceptors (Lipinski definition) is 3. The molecule has 1 saturated heterocycles. The van der Waals surface area contributed by atoms with Gasteiger partial charge in [-0.2, -0.15) is 0 Å². The number of amides is 1. The van der Waals surface area contributed by atoms with Crippen molar-refractivity contribution in [1.82, 2.24) is 0 Å². The predicted molar refractivity (Wildman–Crippen MR) is 38.7 cm³/mol. The fraction of sp³-hybridized carbons (Fsp3) is 0.857. The summed E-state index contributed by atoms with van der Waals surface area (Å²) in [7, 11) is 0. The first-order valence-corrected chi connectivity index (χ1v) is 3.60. The summed E-state index contributed by atoms with van der Waals surface area (Å²) >= 11 is 0. The Morgan fingerprint density at radius 2 is 2.36 bits per heavy atom. The Bertz CT molecular complexity index is 167. The molecule has 1 rings (SSSR count). The van der Waals surface area contributed by atoms with E-state index in [2.05, 4.69) is 0 Å². The molecule has 0 radical (unpaired) electrons. The maximum absolute atomic E-state index is 10.5. The SMILES string of the molecule is CC1(C)OC[C@H](CC(N)=O)O1. The molecule has 0 bridgehead atoms. The summed E-state index contributed by atoms with van der Waals surface area (Å²) < 4.78 is 10.6. The summed E-state index contributed by atoms with van der Waals surface area (Å²) in [5.74, 6) is -0.906. The maximum atomic E-state index is 10.5. The Hall–Kier alpha value is -0.610. The molecule has 1 fully saturated rings. The van der Waals surface area contributed by atoms with Crippen LogP contribution in [0, 0.1) is 0 Å². The quantitative estimate of drug-likeness (QED) is 0.617. The van der Waals surface area contributed by atoms with Crippen LogP contribution >= 0.6 is 0 Å². The number of carbonyl (C=O) groups excluding carboxylic acids is 1. The van der Waals surface area contributed by atoms with Crippen molar-refractivity contribution >= 4 is 5.91 Å². The van der Waals surface area contributed by atoms with Crippen LogP contribution in [0.3, 0.4) is 0 Å². The van der Waals surface area contributed by atoms with E-state index < -0.39 is 5.79 Å². The van der Waals surface area contributed by atoms with Gasteiger partial charge in [-0.1, -0.05) is 0 Å². The van der Waals surface area contributed by atoms with E-state index in [0.29, 0.717) is 6.61 Å². The van der Waals surface area contributed by atoms with E-state index >= 15 is 0 Å². The fourth-order valence-electron chi connectivity index (χ4n) is 1.09. The van der Waals surface area contributed by atoms with Gasteiger partial charge in [0.15, 0.2) is 5.79 Å². The molecule has 4 heteroatoms. The highest BCUT2D eigenvalue weighted by Crippen LogP contribution is 2.23. The Labute approximate surface area is 65.7 Å². The summed E-state index contributed by atoms with van der Waals surface area (Å²) in [6.07, 6.45) is 0.0752. The molecule has 0 aliphatic carbocycles. The van der Waals surface area contributed by atoms with Gasteiger partial charge in [-0.05, 0) is 13.8 Å². The minimum absolute atomic E-state index is 0.164. The molecule has 0 aromatic carbocycles. The van der Waals surface area contributed by atoms with Gasteiger partial charge in [0.1, 0.15) is 0 Å². The molecule has 0 saturated carbocycles. The third kappa shape index (κ3) is 2.48. The van der Waals surface area contributed by atoms with E-state index in [0.717, 1.165) is 0 Å². The lowest BCUT2D eigenvalue weighted by Gasteiger charge is -2.16. The molecular weight excluding hydrogens is 146 g/mol. The van der Waals surface area contributed by atoms with Gasteiger partial charge in [0.25, 0.3) is 0 Å². The van der Waals surface area contributed by atoms with Crippen molar-refractivity contribution < 1.29 is 14.3 Å². The molecule has 0 aromatic heterocycles. The molecular formula is C7H13NO3. The number of ether oxygens (including phenoxy) is 2. The van der Waals surface area contributed by atoms with Crippen LogP contribution in [0.25, 0.3) is 0 Å². The molecule has 1 aliphatic rings. The van der Waals surface area contributed by atoms with Gasteiger partial charge < -0.3 is 15.2 Å². The van der Waals surface area contributed by atoms with Crippen molar-refractivity contribution in [1.29, 1.82) is 0 Å². The molecule has 1 amide bonds. The number of primary amides is 1. The highest BCUT2D eigenvalue weighted by atomic mass is 16.7. The minimum atomic E-state index is -0.555. The van der Waals surface area contributed by atoms with Crippen molar-refractivity contribution in [3.8, 4) is 0 Å². The van der Waals surface area contributed by atoms with Gasteiger partial charge in [0, 0.05) is 0 Å². The average Bonchev–Trinajstić information content (AvgIpc) is 2.08. The van der Waals surface area contributed by atoms with Crippen LogP contribution < -0.4 is 5.73 Å². The summed E-state index contributed by atoms with van der Waals surface area (Å²) in [5.41, 5.74) is 4.99. The largest absolute Gasteiger partial charge is 0.370 e. The van der Waals surface area contributed by atoms with E-state index in [-0.39, 0.29) is 18.4 Å². The van der Waals surface area contributed by atoms with Gasteiger partial charge in [-0.25, -0.2) is 0 Å². The molecule has 1 atom stereocenters. The van der Waals surface area contributed by atoms with Crippen LogP contribution in [0.2, 0.25) is 0 Å². The average molecular weight is 159 g/mol. The lowest BCUT2D eigenvalue weighted by molar-refractivity contribution is -0.142. The van der Waals surface area contributed by atoms with Crippen molar-refractivity contribution in [2.75, 3.05) is 6.61 Å². The Morgan fingerprint density at radius 1 is 1.73 bits per heavy atom. The highest BCUT2D eigenvalue weighted by molar-refractivity contribution is 5.74. The van der Waals surface area contributed by atoms with Gasteiger partial charge in [-0.3, -0.25) is 4.79 Å². The van der Waals surface area contributed by atoms with E-state index in [1.54, 1.807) is 0 Å². The monoisotopic (exact) mass is 159 g/mol. The normalized spacial score (nSPS) is 28.7. The van der Waals surface area contributed by atoms with Gasteiger partial charge in [0.05, 0.1) is 19.1 Å². The molecule has 11 heavy (non-hydrogen) atoms. The molecule has 4 nitrogen and oxygen atoms in total. The Balaban J connectivity index is 2.36. The molecule has 64 valence electrons. The van der Waals surface area contributed by atoms with Crippen molar-refractivity contribution in [3.63, 3.8) is 0 Å². The fourth-order valence-corrected chi connectivity index (χ4v) is 1.09. The summed E-state index contributed by atoms with van der Waals surface area (Å²) in [5, 5.41) is 0. The third-order valence-corrected chi connectivity index (χ3v) is 1.50. The first-order chi connectivity index (χ1) is 4.99. The second-order valence-electron chi connectivity index (χ2n) is 3.12. The van der Waals surface area contributed by atoms with E-state index in [9.17, 15) is 4.79 Å². The van der Waals surface area contributed by atoms with E-state index in [1.807, 2.05) is 13.8 Å². The van der Waals surface area contributed by atoms with Gasteiger partial charge in [0.2, 0.25) is 5.91 Å².